The number of nitrogens with zero attached hydrogens (tertiary/aromatic N) is 2. The third kappa shape index (κ3) is 2.69. The largest absolute Gasteiger partial charge is 0.467 e. The number of carbonyl (C=O) groups is 1. The molecule has 0 aliphatic carbocycles. The van der Waals surface area contributed by atoms with Gasteiger partial charge in [-0.15, -0.1) is 0 Å². The number of hydrazone groups is 1. The van der Waals surface area contributed by atoms with Crippen LogP contribution in [0.15, 0.2) is 79.5 Å². The summed E-state index contributed by atoms with van der Waals surface area (Å²) in [5, 5.41) is 5.99. The van der Waals surface area contributed by atoms with E-state index >= 15 is 0 Å². The molecule has 0 N–H and O–H groups in total. The first-order chi connectivity index (χ1) is 11.7. The monoisotopic (exact) mass is 384 g/mol. The van der Waals surface area contributed by atoms with Gasteiger partial charge in [0, 0.05) is 10.9 Å². The van der Waals surface area contributed by atoms with Crippen molar-refractivity contribution in [1.82, 2.24) is 5.01 Å². The number of rotatable bonds is 3. The predicted octanol–water partition coefficient (Wildman–Crippen LogP) is 4.63. The van der Waals surface area contributed by atoms with E-state index in [1.807, 2.05) is 36.4 Å². The lowest BCUT2D eigenvalue weighted by molar-refractivity contribution is 0.0660. The molecule has 0 unspecified atom stereocenters. The lowest BCUT2D eigenvalue weighted by atomic mass is 10.0. The summed E-state index contributed by atoms with van der Waals surface area (Å²) in [6.45, 7) is 0. The average molecular weight is 385 g/mol. The summed E-state index contributed by atoms with van der Waals surface area (Å²) in [6, 6.07) is 14.6. The van der Waals surface area contributed by atoms with Crippen LogP contribution in [0.1, 0.15) is 34.3 Å². The van der Waals surface area contributed by atoms with Crippen LogP contribution in [0.4, 0.5) is 0 Å². The number of hydrogen-bond acceptors (Lipinski definition) is 4. The molecular formula is C18H13BrN2O3. The number of hydrogen-bond donors (Lipinski definition) is 0. The summed E-state index contributed by atoms with van der Waals surface area (Å²) in [5.41, 5.74) is 1.81. The van der Waals surface area contributed by atoms with E-state index in [2.05, 4.69) is 21.0 Å². The quantitative estimate of drug-likeness (QED) is 0.661. The molecule has 4 rings (SSSR count). The molecule has 1 aromatic carbocycles. The predicted molar refractivity (Wildman–Crippen MR) is 91.6 cm³/mol. The van der Waals surface area contributed by atoms with Crippen molar-refractivity contribution >= 4 is 27.5 Å². The second-order valence-corrected chi connectivity index (χ2v) is 6.33. The Hall–Kier alpha value is -2.60. The highest BCUT2D eigenvalue weighted by Gasteiger charge is 2.36. The molecular weight excluding hydrogens is 372 g/mol. The van der Waals surface area contributed by atoms with Crippen LogP contribution in [0.5, 0.6) is 0 Å². The Balaban J connectivity index is 1.71. The van der Waals surface area contributed by atoms with Crippen LogP contribution in [0.3, 0.4) is 0 Å². The van der Waals surface area contributed by atoms with Gasteiger partial charge in [-0.1, -0.05) is 28.1 Å². The van der Waals surface area contributed by atoms with Crippen molar-refractivity contribution in [3.63, 3.8) is 0 Å². The molecule has 120 valence electrons. The third-order valence-electron chi connectivity index (χ3n) is 3.90. The van der Waals surface area contributed by atoms with Crippen molar-refractivity contribution in [2.45, 2.75) is 12.5 Å². The van der Waals surface area contributed by atoms with Crippen molar-refractivity contribution in [1.29, 1.82) is 0 Å². The topological polar surface area (TPSA) is 59.0 Å². The molecule has 0 bridgehead atoms. The number of halogens is 1. The van der Waals surface area contributed by atoms with E-state index in [1.165, 1.54) is 11.3 Å². The van der Waals surface area contributed by atoms with E-state index in [0.29, 0.717) is 12.2 Å². The second kappa shape index (κ2) is 6.13. The molecule has 3 heterocycles. The Morgan fingerprint density at radius 1 is 1.08 bits per heavy atom. The van der Waals surface area contributed by atoms with Gasteiger partial charge in [-0.05, 0) is 42.0 Å². The van der Waals surface area contributed by atoms with Crippen LogP contribution >= 0.6 is 15.9 Å². The maximum atomic E-state index is 12.7. The highest BCUT2D eigenvalue weighted by molar-refractivity contribution is 9.10. The Kier molecular flexibility index (Phi) is 3.82. The molecule has 1 atom stereocenters. The third-order valence-corrected chi connectivity index (χ3v) is 4.43. The Morgan fingerprint density at radius 2 is 1.83 bits per heavy atom. The minimum Gasteiger partial charge on any atom is -0.467 e. The zero-order valence-electron chi connectivity index (χ0n) is 12.6. The fraction of sp³-hybridized carbons (Fsp3) is 0.111. The van der Waals surface area contributed by atoms with Crippen molar-refractivity contribution in [2.75, 3.05) is 0 Å². The Labute approximate surface area is 146 Å². The zero-order valence-corrected chi connectivity index (χ0v) is 14.1. The highest BCUT2D eigenvalue weighted by Crippen LogP contribution is 2.34. The van der Waals surface area contributed by atoms with Crippen LogP contribution in [0, 0.1) is 0 Å². The first kappa shape index (κ1) is 15.0. The first-order valence-corrected chi connectivity index (χ1v) is 8.25. The minimum atomic E-state index is -0.284. The number of furan rings is 2. The number of carbonyl (C=O) groups excluding carboxylic acids is 1. The maximum Gasteiger partial charge on any atom is 0.310 e. The molecule has 5 nitrogen and oxygen atoms in total. The summed E-state index contributed by atoms with van der Waals surface area (Å²) < 4.78 is 11.7. The summed E-state index contributed by atoms with van der Waals surface area (Å²) in [4.78, 5) is 12.7. The molecule has 2 aromatic heterocycles. The summed E-state index contributed by atoms with van der Waals surface area (Å²) in [5.74, 6) is 0.673. The van der Waals surface area contributed by atoms with Crippen molar-refractivity contribution < 1.29 is 13.6 Å². The number of amides is 1. The molecule has 0 saturated heterocycles. The zero-order chi connectivity index (χ0) is 16.5. The van der Waals surface area contributed by atoms with Crippen molar-refractivity contribution in [2.24, 2.45) is 5.10 Å². The van der Waals surface area contributed by atoms with Gasteiger partial charge in [0.25, 0.3) is 0 Å². The van der Waals surface area contributed by atoms with Crippen LogP contribution in [0.2, 0.25) is 0 Å². The fourth-order valence-corrected chi connectivity index (χ4v) is 2.99. The molecule has 1 amide bonds. The molecule has 0 fully saturated rings. The van der Waals surface area contributed by atoms with Crippen LogP contribution < -0.4 is 0 Å². The molecule has 0 radical (unpaired) electrons. The molecule has 1 aliphatic rings. The summed E-state index contributed by atoms with van der Waals surface area (Å²) in [7, 11) is 0. The summed E-state index contributed by atoms with van der Waals surface area (Å²) in [6.07, 6.45) is 3.66. The van der Waals surface area contributed by atoms with Gasteiger partial charge in [0.1, 0.15) is 11.8 Å². The highest BCUT2D eigenvalue weighted by atomic mass is 79.9. The lowest BCUT2D eigenvalue weighted by Crippen LogP contribution is -2.26. The Bertz CT molecular complexity index is 868. The SMILES string of the molecule is O=C(c1ccco1)N1N=C(c2ccc(Br)cc2)C[C@H]1c1ccco1. The van der Waals surface area contributed by atoms with Crippen molar-refractivity contribution in [3.05, 3.63) is 82.6 Å². The van der Waals surface area contributed by atoms with Gasteiger partial charge < -0.3 is 8.83 Å². The molecule has 0 spiro atoms. The maximum absolute atomic E-state index is 12.7. The molecule has 24 heavy (non-hydrogen) atoms. The van der Waals surface area contributed by atoms with E-state index in [1.54, 1.807) is 18.4 Å². The first-order valence-electron chi connectivity index (χ1n) is 7.46. The normalized spacial score (nSPS) is 17.1. The number of benzene rings is 1. The van der Waals surface area contributed by atoms with E-state index in [4.69, 9.17) is 8.83 Å². The smallest absolute Gasteiger partial charge is 0.310 e. The van der Waals surface area contributed by atoms with E-state index in [9.17, 15) is 4.79 Å². The van der Waals surface area contributed by atoms with Crippen LogP contribution in [0.25, 0.3) is 0 Å². The van der Waals surface area contributed by atoms with Gasteiger partial charge in [-0.2, -0.15) is 5.10 Å². The Morgan fingerprint density at radius 3 is 2.50 bits per heavy atom. The van der Waals surface area contributed by atoms with Crippen LogP contribution in [-0.2, 0) is 0 Å². The average Bonchev–Trinajstić information content (AvgIpc) is 3.34. The van der Waals surface area contributed by atoms with Gasteiger partial charge in [0.15, 0.2) is 5.76 Å². The van der Waals surface area contributed by atoms with E-state index in [-0.39, 0.29) is 17.7 Å². The van der Waals surface area contributed by atoms with Gasteiger partial charge in [-0.3, -0.25) is 4.79 Å². The second-order valence-electron chi connectivity index (χ2n) is 5.42. The van der Waals surface area contributed by atoms with Gasteiger partial charge in [0.2, 0.25) is 0 Å². The molecule has 6 heteroatoms. The minimum absolute atomic E-state index is 0.257. The van der Waals surface area contributed by atoms with Crippen molar-refractivity contribution in [3.8, 4) is 0 Å². The van der Waals surface area contributed by atoms with Gasteiger partial charge >= 0.3 is 5.91 Å². The van der Waals surface area contributed by atoms with E-state index < -0.39 is 0 Å². The lowest BCUT2D eigenvalue weighted by Gasteiger charge is -2.18. The van der Waals surface area contributed by atoms with E-state index in [0.717, 1.165) is 15.7 Å². The van der Waals surface area contributed by atoms with Gasteiger partial charge in [-0.25, -0.2) is 5.01 Å². The molecule has 0 saturated carbocycles. The standard InChI is InChI=1S/C18H13BrN2O3/c19-13-7-5-12(6-8-13)14-11-15(16-3-1-9-23-16)21(20-14)18(22)17-4-2-10-24-17/h1-10,15H,11H2/t15-/m0/s1. The molecule has 3 aromatic rings. The fourth-order valence-electron chi connectivity index (χ4n) is 2.73. The molecule has 1 aliphatic heterocycles. The summed E-state index contributed by atoms with van der Waals surface area (Å²) >= 11 is 3.43. The van der Waals surface area contributed by atoms with Crippen LogP contribution in [-0.4, -0.2) is 16.6 Å². The van der Waals surface area contributed by atoms with Gasteiger partial charge in [0.05, 0.1) is 18.2 Å².